The Hall–Kier alpha value is -2.38. The van der Waals surface area contributed by atoms with E-state index in [-0.39, 0.29) is 12.1 Å². The number of carbonyl (C=O) groups excluding carboxylic acids is 1. The van der Waals surface area contributed by atoms with E-state index in [1.807, 2.05) is 0 Å². The third-order valence-electron chi connectivity index (χ3n) is 1.76. The van der Waals surface area contributed by atoms with Crippen LogP contribution in [0, 0.1) is 11.6 Å². The monoisotopic (exact) mass is 245 g/mol. The van der Waals surface area contributed by atoms with E-state index in [0.29, 0.717) is 11.1 Å². The van der Waals surface area contributed by atoms with Crippen molar-refractivity contribution in [3.05, 3.63) is 35.4 Å². The molecule has 0 aromatic heterocycles. The van der Waals surface area contributed by atoms with Gasteiger partial charge in [-0.3, -0.25) is 0 Å². The number of carboxylic acid groups (broad SMARTS) is 1. The predicted molar refractivity (Wildman–Crippen MR) is 52.6 cm³/mol. The molecule has 0 heterocycles. The van der Waals surface area contributed by atoms with Crippen molar-refractivity contribution in [2.45, 2.75) is 6.54 Å². The molecule has 1 rings (SSSR count). The summed E-state index contributed by atoms with van der Waals surface area (Å²) in [4.78, 5) is 21.2. The summed E-state index contributed by atoms with van der Waals surface area (Å²) < 4.78 is 25.7. The molecule has 1 aromatic rings. The van der Waals surface area contributed by atoms with E-state index in [1.54, 1.807) is 5.43 Å². The number of amides is 3. The van der Waals surface area contributed by atoms with Crippen LogP contribution in [0.15, 0.2) is 18.2 Å². The number of hydrogen-bond acceptors (Lipinski definition) is 2. The zero-order valence-electron chi connectivity index (χ0n) is 8.48. The van der Waals surface area contributed by atoms with Crippen molar-refractivity contribution in [2.75, 3.05) is 0 Å². The van der Waals surface area contributed by atoms with Gasteiger partial charge in [-0.2, -0.15) is 0 Å². The molecule has 0 fully saturated rings. The molecule has 0 unspecified atom stereocenters. The lowest BCUT2D eigenvalue weighted by atomic mass is 10.2. The number of benzene rings is 1. The Morgan fingerprint density at radius 3 is 2.24 bits per heavy atom. The molecule has 3 amide bonds. The van der Waals surface area contributed by atoms with Gasteiger partial charge in [-0.15, -0.1) is 0 Å². The molecule has 0 aliphatic carbocycles. The molecule has 6 nitrogen and oxygen atoms in total. The smallest absolute Gasteiger partial charge is 0.423 e. The number of nitrogens with two attached hydrogens (primary N) is 1. The van der Waals surface area contributed by atoms with Gasteiger partial charge in [0.2, 0.25) is 0 Å². The highest BCUT2D eigenvalue weighted by Gasteiger charge is 2.13. The van der Waals surface area contributed by atoms with Gasteiger partial charge in [0.15, 0.2) is 0 Å². The normalized spacial score (nSPS) is 9.76. The van der Waals surface area contributed by atoms with Gasteiger partial charge >= 0.3 is 12.1 Å². The van der Waals surface area contributed by atoms with Gasteiger partial charge < -0.3 is 10.8 Å². The summed E-state index contributed by atoms with van der Waals surface area (Å²) in [5, 5.41) is 8.92. The van der Waals surface area contributed by atoms with Crippen LogP contribution in [0.1, 0.15) is 5.56 Å². The van der Waals surface area contributed by atoms with Crippen LogP contribution in [0.3, 0.4) is 0 Å². The fraction of sp³-hybridized carbons (Fsp3) is 0.111. The average molecular weight is 245 g/mol. The maximum absolute atomic E-state index is 12.8. The molecule has 17 heavy (non-hydrogen) atoms. The summed E-state index contributed by atoms with van der Waals surface area (Å²) >= 11 is 0. The first-order valence-electron chi connectivity index (χ1n) is 4.40. The van der Waals surface area contributed by atoms with Gasteiger partial charge in [-0.1, -0.05) is 0 Å². The SMILES string of the molecule is NC(=O)N(Cc1cc(F)cc(F)c1)NC(=O)O. The lowest BCUT2D eigenvalue weighted by molar-refractivity contribution is 0.143. The second-order valence-corrected chi connectivity index (χ2v) is 3.12. The summed E-state index contributed by atoms with van der Waals surface area (Å²) in [6, 6.07) is 1.49. The third-order valence-corrected chi connectivity index (χ3v) is 1.76. The molecular weight excluding hydrogens is 236 g/mol. The van der Waals surface area contributed by atoms with Crippen molar-refractivity contribution in [3.8, 4) is 0 Å². The predicted octanol–water partition coefficient (Wildman–Crippen LogP) is 1.03. The van der Waals surface area contributed by atoms with Crippen LogP contribution in [-0.4, -0.2) is 22.2 Å². The fourth-order valence-corrected chi connectivity index (χ4v) is 1.17. The van der Waals surface area contributed by atoms with Crippen molar-refractivity contribution < 1.29 is 23.5 Å². The second kappa shape index (κ2) is 5.10. The molecule has 0 radical (unpaired) electrons. The third kappa shape index (κ3) is 3.93. The van der Waals surface area contributed by atoms with Crippen LogP contribution in [0.2, 0.25) is 0 Å². The first-order valence-corrected chi connectivity index (χ1v) is 4.40. The number of halogens is 2. The quantitative estimate of drug-likeness (QED) is 0.679. The molecule has 0 spiro atoms. The number of carbonyl (C=O) groups is 2. The molecule has 8 heteroatoms. The van der Waals surface area contributed by atoms with Crippen molar-refractivity contribution in [1.82, 2.24) is 10.4 Å². The maximum Gasteiger partial charge on any atom is 0.423 e. The van der Waals surface area contributed by atoms with Gasteiger partial charge in [0.05, 0.1) is 6.54 Å². The lowest BCUT2D eigenvalue weighted by Gasteiger charge is -2.19. The zero-order chi connectivity index (χ0) is 13.0. The fourth-order valence-electron chi connectivity index (χ4n) is 1.17. The Morgan fingerprint density at radius 1 is 1.29 bits per heavy atom. The Morgan fingerprint density at radius 2 is 1.82 bits per heavy atom. The molecule has 92 valence electrons. The van der Waals surface area contributed by atoms with Gasteiger partial charge in [-0.05, 0) is 17.7 Å². The molecular formula is C9H9F2N3O3. The Kier molecular flexibility index (Phi) is 3.81. The number of hydrogen-bond donors (Lipinski definition) is 3. The molecule has 0 atom stereocenters. The molecule has 0 bridgehead atoms. The summed E-state index contributed by atoms with van der Waals surface area (Å²) in [5.41, 5.74) is 6.64. The van der Waals surface area contributed by atoms with Gasteiger partial charge in [-0.25, -0.2) is 28.8 Å². The van der Waals surface area contributed by atoms with E-state index in [1.165, 1.54) is 0 Å². The topological polar surface area (TPSA) is 95.7 Å². The largest absolute Gasteiger partial charge is 0.464 e. The van der Waals surface area contributed by atoms with Crippen molar-refractivity contribution in [3.63, 3.8) is 0 Å². The minimum atomic E-state index is -1.51. The molecule has 0 saturated carbocycles. The minimum Gasteiger partial charge on any atom is -0.464 e. The average Bonchev–Trinajstić information content (AvgIpc) is 2.13. The van der Waals surface area contributed by atoms with Gasteiger partial charge in [0.25, 0.3) is 0 Å². The number of nitrogens with one attached hydrogen (secondary N) is 1. The van der Waals surface area contributed by atoms with E-state index in [9.17, 15) is 18.4 Å². The Bertz CT molecular complexity index is 433. The highest BCUT2D eigenvalue weighted by atomic mass is 19.1. The van der Waals surface area contributed by atoms with Crippen LogP contribution in [-0.2, 0) is 6.54 Å². The first kappa shape index (κ1) is 12.7. The number of primary amides is 1. The highest BCUT2D eigenvalue weighted by Crippen LogP contribution is 2.09. The van der Waals surface area contributed by atoms with Crippen LogP contribution in [0.4, 0.5) is 18.4 Å². The molecule has 0 saturated heterocycles. The summed E-state index contributed by atoms with van der Waals surface area (Å²) in [6.07, 6.45) is -1.51. The van der Waals surface area contributed by atoms with Crippen LogP contribution in [0.5, 0.6) is 0 Å². The van der Waals surface area contributed by atoms with E-state index >= 15 is 0 Å². The number of rotatable bonds is 2. The summed E-state index contributed by atoms with van der Waals surface area (Å²) in [6.45, 7) is -0.379. The van der Waals surface area contributed by atoms with Crippen molar-refractivity contribution in [1.29, 1.82) is 0 Å². The lowest BCUT2D eigenvalue weighted by Crippen LogP contribution is -2.47. The van der Waals surface area contributed by atoms with Gasteiger partial charge in [0, 0.05) is 6.07 Å². The van der Waals surface area contributed by atoms with E-state index in [2.05, 4.69) is 0 Å². The zero-order valence-corrected chi connectivity index (χ0v) is 8.48. The molecule has 0 aliphatic heterocycles. The Labute approximate surface area is 94.6 Å². The standard InChI is InChI=1S/C9H9F2N3O3/c10-6-1-5(2-7(11)3-6)4-14(8(12)15)13-9(16)17/h1-3,13H,4H2,(H2,12,15)(H,16,17). The maximum atomic E-state index is 12.8. The van der Waals surface area contributed by atoms with Gasteiger partial charge in [0.1, 0.15) is 11.6 Å². The Balaban J connectivity index is 2.85. The molecule has 0 aliphatic rings. The first-order chi connectivity index (χ1) is 7.88. The van der Waals surface area contributed by atoms with E-state index in [0.717, 1.165) is 12.1 Å². The molecule has 1 aromatic carbocycles. The number of hydrazine groups is 1. The second-order valence-electron chi connectivity index (χ2n) is 3.12. The van der Waals surface area contributed by atoms with Crippen LogP contribution in [0.25, 0.3) is 0 Å². The summed E-state index contributed by atoms with van der Waals surface area (Å²) in [7, 11) is 0. The van der Waals surface area contributed by atoms with E-state index in [4.69, 9.17) is 10.8 Å². The minimum absolute atomic E-state index is 0.0649. The van der Waals surface area contributed by atoms with Crippen LogP contribution < -0.4 is 11.2 Å². The summed E-state index contributed by atoms with van der Waals surface area (Å²) in [5.74, 6) is -1.67. The molecule has 4 N–H and O–H groups in total. The van der Waals surface area contributed by atoms with Crippen LogP contribution >= 0.6 is 0 Å². The number of nitrogens with zero attached hydrogens (tertiary/aromatic N) is 1. The highest BCUT2D eigenvalue weighted by molar-refractivity contribution is 5.75. The number of urea groups is 1. The van der Waals surface area contributed by atoms with Crippen molar-refractivity contribution >= 4 is 12.1 Å². The van der Waals surface area contributed by atoms with Crippen molar-refractivity contribution in [2.24, 2.45) is 5.73 Å². The van der Waals surface area contributed by atoms with E-state index < -0.39 is 23.8 Å².